The first-order valence-corrected chi connectivity index (χ1v) is 17.9. The quantitative estimate of drug-likeness (QED) is 0.0689. The lowest BCUT2D eigenvalue weighted by atomic mass is 10.0. The fourth-order valence-corrected chi connectivity index (χ4v) is 5.97. The molecule has 0 amide bonds. The zero-order valence-corrected chi connectivity index (χ0v) is 26.8. The summed E-state index contributed by atoms with van der Waals surface area (Å²) in [7, 11) is 0. The van der Waals surface area contributed by atoms with Gasteiger partial charge in [0.25, 0.3) is 5.82 Å². The first-order chi connectivity index (χ1) is 18.8. The normalized spacial score (nSPS) is 11.6. The maximum absolute atomic E-state index is 2.62. The maximum atomic E-state index is 2.62. The van der Waals surface area contributed by atoms with E-state index < -0.39 is 0 Å². The van der Waals surface area contributed by atoms with Gasteiger partial charge in [-0.1, -0.05) is 162 Å². The van der Waals surface area contributed by atoms with Crippen LogP contribution in [0.1, 0.15) is 200 Å². The highest BCUT2D eigenvalue weighted by atomic mass is 15.1. The van der Waals surface area contributed by atoms with Crippen molar-refractivity contribution in [1.29, 1.82) is 0 Å². The first kappa shape index (κ1) is 35.2. The topological polar surface area (TPSA) is 8.81 Å². The number of unbranched alkanes of at least 4 members (excludes halogenated alkanes) is 24. The molecule has 0 atom stereocenters. The molecule has 224 valence electrons. The van der Waals surface area contributed by atoms with Crippen molar-refractivity contribution in [3.63, 3.8) is 0 Å². The van der Waals surface area contributed by atoms with Crippen LogP contribution in [0.4, 0.5) is 0 Å². The predicted molar refractivity (Wildman–Crippen MR) is 170 cm³/mol. The summed E-state index contributed by atoms with van der Waals surface area (Å²) in [5.74, 6) is 1.61. The van der Waals surface area contributed by atoms with Gasteiger partial charge in [-0.3, -0.25) is 0 Å². The average molecular weight is 532 g/mol. The van der Waals surface area contributed by atoms with Gasteiger partial charge in [-0.2, -0.15) is 0 Å². The van der Waals surface area contributed by atoms with Gasteiger partial charge in [0.05, 0.1) is 13.1 Å². The number of aryl methyl sites for hydroxylation is 2. The third kappa shape index (κ3) is 20.2. The zero-order chi connectivity index (χ0) is 27.4. The van der Waals surface area contributed by atoms with E-state index in [1.54, 1.807) is 5.82 Å². The number of hydrogen-bond donors (Lipinski definition) is 0. The molecule has 0 bridgehead atoms. The molecule has 1 rings (SSSR count). The maximum Gasteiger partial charge on any atom is 0.256 e. The van der Waals surface area contributed by atoms with E-state index >= 15 is 0 Å². The third-order valence-corrected chi connectivity index (χ3v) is 8.60. The highest BCUT2D eigenvalue weighted by Gasteiger charge is 2.16. The smallest absolute Gasteiger partial charge is 0.234 e. The minimum absolute atomic E-state index is 1.22. The van der Waals surface area contributed by atoms with Gasteiger partial charge in [0.2, 0.25) is 0 Å². The highest BCUT2D eigenvalue weighted by molar-refractivity contribution is 4.84. The monoisotopic (exact) mass is 532 g/mol. The van der Waals surface area contributed by atoms with Crippen LogP contribution < -0.4 is 4.57 Å². The summed E-state index contributed by atoms with van der Waals surface area (Å²) in [6.45, 7) is 9.38. The first-order valence-electron chi connectivity index (χ1n) is 17.9. The van der Waals surface area contributed by atoms with E-state index in [0.717, 1.165) is 0 Å². The highest BCUT2D eigenvalue weighted by Crippen LogP contribution is 2.14. The Labute approximate surface area is 240 Å². The van der Waals surface area contributed by atoms with Gasteiger partial charge in [0.15, 0.2) is 0 Å². The fourth-order valence-electron chi connectivity index (χ4n) is 5.97. The SMILES string of the molecule is CCCCCCCCCCCCCCc1n(CCCCCC)cc[n+]1CCCCCCCCCCCCC. The van der Waals surface area contributed by atoms with E-state index in [0.29, 0.717) is 0 Å². The van der Waals surface area contributed by atoms with Crippen molar-refractivity contribution in [2.75, 3.05) is 0 Å². The second-order valence-electron chi connectivity index (χ2n) is 12.3. The van der Waals surface area contributed by atoms with Crippen LogP contribution in [0.25, 0.3) is 0 Å². The summed E-state index contributed by atoms with van der Waals surface area (Å²) in [6, 6.07) is 0. The molecule has 0 unspecified atom stereocenters. The molecule has 2 heteroatoms. The number of rotatable bonds is 30. The largest absolute Gasteiger partial charge is 0.256 e. The van der Waals surface area contributed by atoms with Crippen LogP contribution in [0, 0.1) is 0 Å². The van der Waals surface area contributed by atoms with Gasteiger partial charge >= 0.3 is 0 Å². The predicted octanol–water partition coefficient (Wildman–Crippen LogP) is 11.9. The van der Waals surface area contributed by atoms with E-state index in [1.165, 1.54) is 193 Å². The molecule has 0 N–H and O–H groups in total. The molecule has 38 heavy (non-hydrogen) atoms. The molecule has 0 spiro atoms. The number of nitrogens with zero attached hydrogens (tertiary/aromatic N) is 2. The van der Waals surface area contributed by atoms with Crippen molar-refractivity contribution in [2.24, 2.45) is 0 Å². The Morgan fingerprint density at radius 2 is 0.816 bits per heavy atom. The zero-order valence-electron chi connectivity index (χ0n) is 26.8. The molecule has 0 aliphatic rings. The van der Waals surface area contributed by atoms with E-state index in [9.17, 15) is 0 Å². The Morgan fingerprint density at radius 3 is 1.26 bits per heavy atom. The molecule has 0 aromatic carbocycles. The Hall–Kier alpha value is -0.790. The van der Waals surface area contributed by atoms with Gasteiger partial charge in [0, 0.05) is 6.42 Å². The average Bonchev–Trinajstić information content (AvgIpc) is 3.31. The third-order valence-electron chi connectivity index (χ3n) is 8.60. The molecule has 2 nitrogen and oxygen atoms in total. The summed E-state index contributed by atoms with van der Waals surface area (Å²) in [5, 5.41) is 0. The Bertz CT molecular complexity index is 590. The molecule has 0 saturated carbocycles. The molecular formula is C36H71N2+. The van der Waals surface area contributed by atoms with Crippen molar-refractivity contribution in [2.45, 2.75) is 214 Å². The molecule has 0 aliphatic heterocycles. The number of imidazole rings is 1. The summed E-state index contributed by atoms with van der Waals surface area (Å²) in [5.41, 5.74) is 0. The minimum Gasteiger partial charge on any atom is -0.234 e. The van der Waals surface area contributed by atoms with Gasteiger partial charge in [0.1, 0.15) is 12.4 Å². The van der Waals surface area contributed by atoms with Gasteiger partial charge in [-0.05, 0) is 32.1 Å². The van der Waals surface area contributed by atoms with Crippen molar-refractivity contribution < 1.29 is 4.57 Å². The summed E-state index contributed by atoms with van der Waals surface area (Å²) in [4.78, 5) is 0. The molecule has 0 fully saturated rings. The van der Waals surface area contributed by atoms with E-state index in [2.05, 4.69) is 42.3 Å². The lowest BCUT2D eigenvalue weighted by Crippen LogP contribution is -2.37. The van der Waals surface area contributed by atoms with Gasteiger partial charge in [-0.15, -0.1) is 0 Å². The lowest BCUT2D eigenvalue weighted by Gasteiger charge is -2.07. The summed E-state index contributed by atoms with van der Waals surface area (Å²) in [6.07, 6.45) is 44.5. The summed E-state index contributed by atoms with van der Waals surface area (Å²) >= 11 is 0. The Kier molecular flexibility index (Phi) is 25.7. The number of hydrogen-bond acceptors (Lipinski definition) is 0. The standard InChI is InChI=1S/C36H71N2/c1-4-7-10-13-15-17-19-20-22-24-26-28-31-36-37(32-29-12-9-6-3)34-35-38(36)33-30-27-25-23-21-18-16-14-11-8-5-2/h34-35H,4-33H2,1-3H3/q+1. The molecule has 0 aliphatic carbocycles. The van der Waals surface area contributed by atoms with Crippen molar-refractivity contribution in [3.8, 4) is 0 Å². The van der Waals surface area contributed by atoms with Crippen molar-refractivity contribution in [3.05, 3.63) is 18.2 Å². The van der Waals surface area contributed by atoms with E-state index in [-0.39, 0.29) is 0 Å². The van der Waals surface area contributed by atoms with Crippen LogP contribution in [0.15, 0.2) is 12.4 Å². The fraction of sp³-hybridized carbons (Fsp3) is 0.917. The lowest BCUT2D eigenvalue weighted by molar-refractivity contribution is -0.704. The molecule has 0 saturated heterocycles. The van der Waals surface area contributed by atoms with Gasteiger partial charge in [-0.25, -0.2) is 9.13 Å². The Balaban J connectivity index is 2.24. The molecule has 1 aromatic rings. The second kappa shape index (κ2) is 27.8. The molecule has 1 heterocycles. The van der Waals surface area contributed by atoms with Crippen molar-refractivity contribution in [1.82, 2.24) is 4.57 Å². The van der Waals surface area contributed by atoms with Gasteiger partial charge < -0.3 is 0 Å². The van der Waals surface area contributed by atoms with Crippen LogP contribution >= 0.6 is 0 Å². The second-order valence-corrected chi connectivity index (χ2v) is 12.3. The van der Waals surface area contributed by atoms with Crippen LogP contribution in [0.5, 0.6) is 0 Å². The van der Waals surface area contributed by atoms with Crippen LogP contribution in [0.2, 0.25) is 0 Å². The molecule has 0 radical (unpaired) electrons. The minimum atomic E-state index is 1.22. The molecular weight excluding hydrogens is 460 g/mol. The van der Waals surface area contributed by atoms with Crippen LogP contribution in [-0.2, 0) is 19.5 Å². The summed E-state index contributed by atoms with van der Waals surface area (Å²) < 4.78 is 5.22. The van der Waals surface area contributed by atoms with E-state index in [4.69, 9.17) is 0 Å². The Morgan fingerprint density at radius 1 is 0.447 bits per heavy atom. The van der Waals surface area contributed by atoms with Crippen LogP contribution in [-0.4, -0.2) is 4.57 Å². The number of aromatic nitrogens is 2. The van der Waals surface area contributed by atoms with E-state index in [1.807, 2.05) is 0 Å². The van der Waals surface area contributed by atoms with Crippen molar-refractivity contribution >= 4 is 0 Å². The van der Waals surface area contributed by atoms with Crippen LogP contribution in [0.3, 0.4) is 0 Å². The molecule has 1 aromatic heterocycles.